The Labute approximate surface area is 167 Å². The van der Waals surface area contributed by atoms with E-state index in [2.05, 4.69) is 29.4 Å². The van der Waals surface area contributed by atoms with Crippen LogP contribution in [0.25, 0.3) is 10.8 Å². The Hall–Kier alpha value is -3.06. The third-order valence-electron chi connectivity index (χ3n) is 5.15. The summed E-state index contributed by atoms with van der Waals surface area (Å²) in [5.41, 5.74) is 1.26. The Morgan fingerprint density at radius 1 is 1.24 bits per heavy atom. The van der Waals surface area contributed by atoms with Crippen LogP contribution in [0.4, 0.5) is 4.39 Å². The van der Waals surface area contributed by atoms with Gasteiger partial charge in [-0.1, -0.05) is 38.1 Å². The Morgan fingerprint density at radius 3 is 2.69 bits per heavy atom. The highest BCUT2D eigenvalue weighted by Gasteiger charge is 2.32. The molecule has 2 N–H and O–H groups in total. The van der Waals surface area contributed by atoms with Crippen molar-refractivity contribution >= 4 is 16.7 Å². The second-order valence-corrected chi connectivity index (χ2v) is 7.76. The number of aromatic nitrogens is 2. The molecule has 0 saturated carbocycles. The number of aromatic amines is 1. The van der Waals surface area contributed by atoms with Crippen LogP contribution < -0.4 is 10.9 Å². The highest BCUT2D eigenvalue weighted by molar-refractivity contribution is 5.95. The van der Waals surface area contributed by atoms with Crippen LogP contribution in [0.1, 0.15) is 35.5 Å². The number of nitrogens with zero attached hydrogens (tertiary/aromatic N) is 2. The van der Waals surface area contributed by atoms with E-state index in [1.165, 1.54) is 6.07 Å². The largest absolute Gasteiger partial charge is 0.335 e. The number of carbonyl (C=O) groups is 1. The second kappa shape index (κ2) is 7.75. The standard InChI is InChI=1S/C22H23FN4O2/c1-13(2)24-15-11-27(12-15)22(29)18-9-14(7-8-19(18)23)10-20-16-5-3-4-6-17(16)21(28)26-25-20/h3-9,13,15,24H,10-12H2,1-2H3,(H,26,28). The first-order valence-electron chi connectivity index (χ1n) is 9.72. The molecule has 2 aromatic carbocycles. The lowest BCUT2D eigenvalue weighted by molar-refractivity contribution is 0.0552. The van der Waals surface area contributed by atoms with E-state index in [9.17, 15) is 14.0 Å². The molecule has 1 saturated heterocycles. The maximum absolute atomic E-state index is 14.4. The molecule has 1 amide bonds. The number of halogens is 1. The quantitative estimate of drug-likeness (QED) is 0.697. The molecule has 7 heteroatoms. The molecule has 1 aromatic heterocycles. The van der Waals surface area contributed by atoms with Gasteiger partial charge in [-0.05, 0) is 23.8 Å². The van der Waals surface area contributed by atoms with Crippen LogP contribution in [-0.4, -0.2) is 46.2 Å². The normalized spacial score (nSPS) is 14.4. The summed E-state index contributed by atoms with van der Waals surface area (Å²) in [5, 5.41) is 11.3. The van der Waals surface area contributed by atoms with Crippen molar-refractivity contribution < 1.29 is 9.18 Å². The van der Waals surface area contributed by atoms with E-state index in [0.717, 1.165) is 10.9 Å². The van der Waals surface area contributed by atoms with Gasteiger partial charge in [-0.25, -0.2) is 9.49 Å². The summed E-state index contributed by atoms with van der Waals surface area (Å²) in [6.45, 7) is 5.27. The number of benzene rings is 2. The Balaban J connectivity index is 1.56. The number of nitrogens with one attached hydrogen (secondary N) is 2. The molecular formula is C22H23FN4O2. The zero-order chi connectivity index (χ0) is 20.5. The molecule has 0 bridgehead atoms. The number of fused-ring (bicyclic) bond motifs is 1. The summed E-state index contributed by atoms with van der Waals surface area (Å²) in [6.07, 6.45) is 0.384. The zero-order valence-electron chi connectivity index (χ0n) is 16.4. The lowest BCUT2D eigenvalue weighted by Gasteiger charge is -2.40. The minimum atomic E-state index is -0.529. The lowest BCUT2D eigenvalue weighted by atomic mass is 10.0. The van der Waals surface area contributed by atoms with Crippen LogP contribution >= 0.6 is 0 Å². The van der Waals surface area contributed by atoms with Gasteiger partial charge < -0.3 is 10.2 Å². The Bertz CT molecular complexity index is 1120. The summed E-state index contributed by atoms with van der Waals surface area (Å²) in [4.78, 5) is 26.3. The Morgan fingerprint density at radius 2 is 1.97 bits per heavy atom. The van der Waals surface area contributed by atoms with E-state index in [-0.39, 0.29) is 23.1 Å². The van der Waals surface area contributed by atoms with Crippen molar-refractivity contribution in [3.63, 3.8) is 0 Å². The molecule has 29 heavy (non-hydrogen) atoms. The van der Waals surface area contributed by atoms with Crippen molar-refractivity contribution in [2.45, 2.75) is 32.4 Å². The van der Waals surface area contributed by atoms with E-state index >= 15 is 0 Å². The predicted octanol–water partition coefficient (Wildman–Crippen LogP) is 2.48. The summed E-state index contributed by atoms with van der Waals surface area (Å²) in [7, 11) is 0. The van der Waals surface area contributed by atoms with Crippen molar-refractivity contribution in [2.24, 2.45) is 0 Å². The summed E-state index contributed by atoms with van der Waals surface area (Å²) < 4.78 is 14.4. The summed E-state index contributed by atoms with van der Waals surface area (Å²) in [6, 6.07) is 12.4. The van der Waals surface area contributed by atoms with E-state index in [0.29, 0.717) is 36.6 Å². The maximum atomic E-state index is 14.4. The van der Waals surface area contributed by atoms with Gasteiger partial charge in [0.25, 0.3) is 11.5 Å². The molecule has 4 rings (SSSR count). The van der Waals surface area contributed by atoms with Crippen molar-refractivity contribution in [3.05, 3.63) is 75.5 Å². The molecule has 0 spiro atoms. The molecule has 1 aliphatic rings. The number of amides is 1. The number of rotatable bonds is 5. The fraction of sp³-hybridized carbons (Fsp3) is 0.318. The van der Waals surface area contributed by atoms with E-state index in [1.54, 1.807) is 29.2 Å². The molecule has 6 nitrogen and oxygen atoms in total. The molecular weight excluding hydrogens is 371 g/mol. The summed E-state index contributed by atoms with van der Waals surface area (Å²) >= 11 is 0. The first-order valence-corrected chi connectivity index (χ1v) is 9.72. The van der Waals surface area contributed by atoms with Crippen LogP contribution in [0.15, 0.2) is 47.3 Å². The van der Waals surface area contributed by atoms with Gasteiger partial charge in [-0.2, -0.15) is 5.10 Å². The van der Waals surface area contributed by atoms with Gasteiger partial charge in [0.2, 0.25) is 0 Å². The van der Waals surface area contributed by atoms with Crippen LogP contribution in [0.2, 0.25) is 0 Å². The molecule has 0 atom stereocenters. The van der Waals surface area contributed by atoms with Crippen molar-refractivity contribution in [1.29, 1.82) is 0 Å². The fourth-order valence-corrected chi connectivity index (χ4v) is 3.74. The molecule has 0 unspecified atom stereocenters. The van der Waals surface area contributed by atoms with Crippen LogP contribution in [0.5, 0.6) is 0 Å². The SMILES string of the molecule is CC(C)NC1CN(C(=O)c2cc(Cc3n[nH]c(=O)c4ccccc34)ccc2F)C1. The first kappa shape index (κ1) is 19.3. The third kappa shape index (κ3) is 3.91. The van der Waals surface area contributed by atoms with Gasteiger partial charge in [0.1, 0.15) is 5.82 Å². The molecule has 150 valence electrons. The van der Waals surface area contributed by atoms with Crippen molar-refractivity contribution in [1.82, 2.24) is 20.4 Å². The first-order chi connectivity index (χ1) is 13.9. The van der Waals surface area contributed by atoms with E-state index in [1.807, 2.05) is 12.1 Å². The monoisotopic (exact) mass is 394 g/mol. The molecule has 0 radical (unpaired) electrons. The van der Waals surface area contributed by atoms with Crippen molar-refractivity contribution in [2.75, 3.05) is 13.1 Å². The lowest BCUT2D eigenvalue weighted by Crippen LogP contribution is -2.61. The minimum Gasteiger partial charge on any atom is -0.335 e. The van der Waals surface area contributed by atoms with Gasteiger partial charge in [-0.15, -0.1) is 0 Å². The Kier molecular flexibility index (Phi) is 5.15. The number of carbonyl (C=O) groups excluding carboxylic acids is 1. The average Bonchev–Trinajstić information content (AvgIpc) is 2.67. The number of hydrogen-bond acceptors (Lipinski definition) is 4. The highest BCUT2D eigenvalue weighted by Crippen LogP contribution is 2.21. The van der Waals surface area contributed by atoms with Crippen LogP contribution in [0.3, 0.4) is 0 Å². The fourth-order valence-electron chi connectivity index (χ4n) is 3.74. The van der Waals surface area contributed by atoms with E-state index < -0.39 is 5.82 Å². The third-order valence-corrected chi connectivity index (χ3v) is 5.15. The second-order valence-electron chi connectivity index (χ2n) is 7.76. The average molecular weight is 394 g/mol. The van der Waals surface area contributed by atoms with Gasteiger partial charge >= 0.3 is 0 Å². The number of likely N-dealkylation sites (tertiary alicyclic amines) is 1. The van der Waals surface area contributed by atoms with Crippen molar-refractivity contribution in [3.8, 4) is 0 Å². The minimum absolute atomic E-state index is 0.0687. The molecule has 1 fully saturated rings. The highest BCUT2D eigenvalue weighted by atomic mass is 19.1. The number of H-pyrrole nitrogens is 1. The molecule has 3 aromatic rings. The maximum Gasteiger partial charge on any atom is 0.272 e. The smallest absolute Gasteiger partial charge is 0.272 e. The molecule has 1 aliphatic heterocycles. The topological polar surface area (TPSA) is 78.1 Å². The molecule has 2 heterocycles. The van der Waals surface area contributed by atoms with Crippen LogP contribution in [0, 0.1) is 5.82 Å². The summed E-state index contributed by atoms with van der Waals surface area (Å²) in [5.74, 6) is -0.830. The predicted molar refractivity (Wildman–Crippen MR) is 110 cm³/mol. The van der Waals surface area contributed by atoms with Crippen LogP contribution in [-0.2, 0) is 6.42 Å². The number of hydrogen-bond donors (Lipinski definition) is 2. The van der Waals surface area contributed by atoms with Gasteiger partial charge in [-0.3, -0.25) is 9.59 Å². The van der Waals surface area contributed by atoms with Gasteiger partial charge in [0, 0.05) is 37.0 Å². The zero-order valence-corrected chi connectivity index (χ0v) is 16.4. The molecule has 0 aliphatic carbocycles. The van der Waals surface area contributed by atoms with Gasteiger partial charge in [0.15, 0.2) is 0 Å². The van der Waals surface area contributed by atoms with Gasteiger partial charge in [0.05, 0.1) is 16.6 Å². The van der Waals surface area contributed by atoms with E-state index in [4.69, 9.17) is 0 Å².